The number of likely N-dealkylation sites (tertiary alicyclic amines) is 1. The van der Waals surface area contributed by atoms with Crippen molar-refractivity contribution < 1.29 is 5.11 Å². The van der Waals surface area contributed by atoms with Crippen molar-refractivity contribution in [3.05, 3.63) is 35.9 Å². The minimum absolute atomic E-state index is 0.169. The van der Waals surface area contributed by atoms with Crippen LogP contribution in [0.4, 0.5) is 0 Å². The molecule has 1 fully saturated rings. The highest BCUT2D eigenvalue weighted by molar-refractivity contribution is 5.17. The van der Waals surface area contributed by atoms with Crippen molar-refractivity contribution in [1.29, 1.82) is 5.26 Å². The number of aliphatic hydroxyl groups excluding tert-OH is 1. The monoisotopic (exact) mass is 259 g/mol. The molecule has 1 aliphatic heterocycles. The smallest absolute Gasteiger partial charge is 0.120 e. The van der Waals surface area contributed by atoms with Gasteiger partial charge in [-0.1, -0.05) is 30.3 Å². The van der Waals surface area contributed by atoms with Crippen LogP contribution in [-0.4, -0.2) is 41.8 Å². The third kappa shape index (κ3) is 3.77. The van der Waals surface area contributed by atoms with Gasteiger partial charge in [-0.05, 0) is 24.9 Å². The van der Waals surface area contributed by atoms with Gasteiger partial charge in [0.1, 0.15) is 5.54 Å². The second-order valence-corrected chi connectivity index (χ2v) is 5.14. The topological polar surface area (TPSA) is 59.3 Å². The zero-order chi connectivity index (χ0) is 13.6. The van der Waals surface area contributed by atoms with Crippen LogP contribution in [0.2, 0.25) is 0 Å². The van der Waals surface area contributed by atoms with Gasteiger partial charge >= 0.3 is 0 Å². The second-order valence-electron chi connectivity index (χ2n) is 5.14. The summed E-state index contributed by atoms with van der Waals surface area (Å²) in [5, 5.41) is 21.5. The maximum atomic E-state index is 9.40. The number of nitrogens with one attached hydrogen (secondary N) is 1. The Balaban J connectivity index is 1.89. The molecule has 1 aromatic rings. The van der Waals surface area contributed by atoms with Crippen LogP contribution < -0.4 is 5.32 Å². The fourth-order valence-corrected chi connectivity index (χ4v) is 2.55. The van der Waals surface area contributed by atoms with Gasteiger partial charge < -0.3 is 5.11 Å². The van der Waals surface area contributed by atoms with Gasteiger partial charge in [-0.25, -0.2) is 0 Å². The fraction of sp³-hybridized carbons (Fsp3) is 0.533. The lowest BCUT2D eigenvalue weighted by Crippen LogP contribution is -2.46. The SMILES string of the molecule is N#CC1(NCCCO)CCN(Cc2ccccc2)C1. The molecule has 1 atom stereocenters. The van der Waals surface area contributed by atoms with Gasteiger partial charge in [0.2, 0.25) is 0 Å². The number of rotatable bonds is 6. The van der Waals surface area contributed by atoms with Gasteiger partial charge in [0, 0.05) is 26.2 Å². The first-order valence-corrected chi connectivity index (χ1v) is 6.81. The Morgan fingerprint density at radius 2 is 2.16 bits per heavy atom. The summed E-state index contributed by atoms with van der Waals surface area (Å²) in [7, 11) is 0. The summed E-state index contributed by atoms with van der Waals surface area (Å²) < 4.78 is 0. The lowest BCUT2D eigenvalue weighted by Gasteiger charge is -2.23. The Bertz CT molecular complexity index is 429. The van der Waals surface area contributed by atoms with E-state index in [1.165, 1.54) is 5.56 Å². The van der Waals surface area contributed by atoms with Gasteiger partial charge in [0.15, 0.2) is 0 Å². The zero-order valence-electron chi connectivity index (χ0n) is 11.2. The summed E-state index contributed by atoms with van der Waals surface area (Å²) in [5.41, 5.74) is 0.843. The second kappa shape index (κ2) is 6.67. The Hall–Kier alpha value is -1.41. The highest BCUT2D eigenvalue weighted by Gasteiger charge is 2.37. The van der Waals surface area contributed by atoms with Crippen LogP contribution in [0, 0.1) is 11.3 Å². The van der Waals surface area contributed by atoms with Gasteiger partial charge in [-0.15, -0.1) is 0 Å². The molecule has 1 aliphatic rings. The predicted molar refractivity (Wildman–Crippen MR) is 74.4 cm³/mol. The molecule has 0 spiro atoms. The third-order valence-electron chi connectivity index (χ3n) is 3.61. The summed E-state index contributed by atoms with van der Waals surface area (Å²) in [5.74, 6) is 0. The van der Waals surface area contributed by atoms with E-state index < -0.39 is 5.54 Å². The third-order valence-corrected chi connectivity index (χ3v) is 3.61. The molecular formula is C15H21N3O. The fourth-order valence-electron chi connectivity index (χ4n) is 2.55. The van der Waals surface area contributed by atoms with Crippen molar-refractivity contribution in [2.45, 2.75) is 24.9 Å². The van der Waals surface area contributed by atoms with Crippen LogP contribution in [-0.2, 0) is 6.54 Å². The van der Waals surface area contributed by atoms with Crippen LogP contribution in [0.5, 0.6) is 0 Å². The minimum Gasteiger partial charge on any atom is -0.396 e. The molecule has 1 heterocycles. The average Bonchev–Trinajstić information content (AvgIpc) is 2.84. The van der Waals surface area contributed by atoms with Gasteiger partial charge in [-0.2, -0.15) is 5.26 Å². The molecule has 102 valence electrons. The molecule has 0 bridgehead atoms. The summed E-state index contributed by atoms with van der Waals surface area (Å²) >= 11 is 0. The highest BCUT2D eigenvalue weighted by atomic mass is 16.3. The molecule has 4 heteroatoms. The number of benzene rings is 1. The maximum Gasteiger partial charge on any atom is 0.120 e. The maximum absolute atomic E-state index is 9.40. The molecule has 0 radical (unpaired) electrons. The van der Waals surface area contributed by atoms with Crippen molar-refractivity contribution in [2.24, 2.45) is 0 Å². The highest BCUT2D eigenvalue weighted by Crippen LogP contribution is 2.22. The van der Waals surface area contributed by atoms with Gasteiger partial charge in [0.05, 0.1) is 6.07 Å². The number of hydrogen-bond donors (Lipinski definition) is 2. The summed E-state index contributed by atoms with van der Waals surface area (Å²) in [6.45, 7) is 3.45. The standard InChI is InChI=1S/C15H21N3O/c16-12-15(17-8-4-10-19)7-9-18(13-15)11-14-5-2-1-3-6-14/h1-3,5-6,17,19H,4,7-11,13H2. The molecule has 4 nitrogen and oxygen atoms in total. The molecule has 19 heavy (non-hydrogen) atoms. The number of aliphatic hydroxyl groups is 1. The van der Waals surface area contributed by atoms with E-state index in [-0.39, 0.29) is 6.61 Å². The van der Waals surface area contributed by atoms with Crippen LogP contribution in [0.25, 0.3) is 0 Å². The molecule has 2 rings (SSSR count). The summed E-state index contributed by atoms with van der Waals surface area (Å²) in [4.78, 5) is 2.31. The van der Waals surface area contributed by atoms with E-state index >= 15 is 0 Å². The Kier molecular flexibility index (Phi) is 4.92. The summed E-state index contributed by atoms with van der Waals surface area (Å²) in [6, 6.07) is 12.8. The molecule has 2 N–H and O–H groups in total. The summed E-state index contributed by atoms with van der Waals surface area (Å²) in [6.07, 6.45) is 1.55. The van der Waals surface area contributed by atoms with Crippen LogP contribution >= 0.6 is 0 Å². The normalized spacial score (nSPS) is 23.4. The molecule has 1 aromatic carbocycles. The molecule has 0 aromatic heterocycles. The molecular weight excluding hydrogens is 238 g/mol. The van der Waals surface area contributed by atoms with E-state index in [2.05, 4.69) is 28.4 Å². The molecule has 1 saturated heterocycles. The quantitative estimate of drug-likeness (QED) is 0.752. The van der Waals surface area contributed by atoms with Crippen molar-refractivity contribution >= 4 is 0 Å². The van der Waals surface area contributed by atoms with E-state index in [1.54, 1.807) is 0 Å². The van der Waals surface area contributed by atoms with E-state index in [0.717, 1.165) is 26.1 Å². The Morgan fingerprint density at radius 3 is 2.84 bits per heavy atom. The predicted octanol–water partition coefficient (Wildman–Crippen LogP) is 1.13. The largest absolute Gasteiger partial charge is 0.396 e. The number of nitriles is 1. The minimum atomic E-state index is -0.441. The van der Waals surface area contributed by atoms with Gasteiger partial charge in [0.25, 0.3) is 0 Å². The average molecular weight is 259 g/mol. The first-order valence-electron chi connectivity index (χ1n) is 6.81. The van der Waals surface area contributed by atoms with Gasteiger partial charge in [-0.3, -0.25) is 10.2 Å². The first kappa shape index (κ1) is 14.0. The zero-order valence-corrected chi connectivity index (χ0v) is 11.2. The molecule has 0 aliphatic carbocycles. The number of nitrogens with zero attached hydrogens (tertiary/aromatic N) is 2. The van der Waals surface area contributed by atoms with Crippen LogP contribution in [0.1, 0.15) is 18.4 Å². The Labute approximate surface area is 114 Å². The van der Waals surface area contributed by atoms with Crippen molar-refractivity contribution in [3.63, 3.8) is 0 Å². The molecule has 1 unspecified atom stereocenters. The van der Waals surface area contributed by atoms with Crippen LogP contribution in [0.15, 0.2) is 30.3 Å². The molecule has 0 amide bonds. The van der Waals surface area contributed by atoms with E-state index in [1.807, 2.05) is 18.2 Å². The Morgan fingerprint density at radius 1 is 1.37 bits per heavy atom. The first-order chi connectivity index (χ1) is 9.28. The van der Waals surface area contributed by atoms with E-state index in [4.69, 9.17) is 5.11 Å². The van der Waals surface area contributed by atoms with Crippen molar-refractivity contribution in [2.75, 3.05) is 26.2 Å². The lowest BCUT2D eigenvalue weighted by molar-refractivity contribution is 0.271. The lowest BCUT2D eigenvalue weighted by atomic mass is 10.0. The van der Waals surface area contributed by atoms with E-state index in [0.29, 0.717) is 13.0 Å². The van der Waals surface area contributed by atoms with Crippen LogP contribution in [0.3, 0.4) is 0 Å². The van der Waals surface area contributed by atoms with Crippen molar-refractivity contribution in [1.82, 2.24) is 10.2 Å². The van der Waals surface area contributed by atoms with Crippen molar-refractivity contribution in [3.8, 4) is 6.07 Å². The number of hydrogen-bond acceptors (Lipinski definition) is 4. The van der Waals surface area contributed by atoms with E-state index in [9.17, 15) is 5.26 Å². The molecule has 0 saturated carbocycles.